The van der Waals surface area contributed by atoms with E-state index in [1.165, 1.54) is 4.31 Å². The topological polar surface area (TPSA) is 37.4 Å². The lowest BCUT2D eigenvalue weighted by Crippen LogP contribution is -2.38. The van der Waals surface area contributed by atoms with Crippen LogP contribution in [0.5, 0.6) is 0 Å². The smallest absolute Gasteiger partial charge is 0.207 e. The Hall–Kier alpha value is -1.08. The van der Waals surface area contributed by atoms with Gasteiger partial charge in [-0.05, 0) is 43.0 Å². The quantitative estimate of drug-likeness (QED) is 0.841. The van der Waals surface area contributed by atoms with Crippen LogP contribution >= 0.6 is 0 Å². The van der Waals surface area contributed by atoms with Crippen LogP contribution in [0.4, 0.5) is 13.2 Å². The molecule has 22 heavy (non-hydrogen) atoms. The van der Waals surface area contributed by atoms with Gasteiger partial charge < -0.3 is 0 Å². The molecule has 0 aliphatic carbocycles. The van der Waals surface area contributed by atoms with Crippen LogP contribution in [0.1, 0.15) is 31.2 Å². The van der Waals surface area contributed by atoms with Crippen molar-refractivity contribution in [1.82, 2.24) is 4.31 Å². The zero-order valence-electron chi connectivity index (χ0n) is 12.1. The Morgan fingerprint density at radius 2 is 1.68 bits per heavy atom. The van der Waals surface area contributed by atoms with Crippen LogP contribution in [-0.2, 0) is 16.2 Å². The van der Waals surface area contributed by atoms with Crippen LogP contribution in [0.2, 0.25) is 0 Å². The molecule has 1 saturated heterocycles. The lowest BCUT2D eigenvalue weighted by atomic mass is 9.94. The van der Waals surface area contributed by atoms with Gasteiger partial charge in [0.05, 0.1) is 10.5 Å². The molecule has 1 radical (unpaired) electrons. The van der Waals surface area contributed by atoms with Crippen LogP contribution in [0.3, 0.4) is 0 Å². The molecule has 1 aliphatic rings. The molecule has 1 aromatic carbocycles. The van der Waals surface area contributed by atoms with Gasteiger partial charge in [-0.15, -0.1) is 0 Å². The van der Waals surface area contributed by atoms with E-state index in [2.05, 4.69) is 6.92 Å². The lowest BCUT2D eigenvalue weighted by Gasteiger charge is -2.31. The Bertz CT molecular complexity index is 588. The van der Waals surface area contributed by atoms with Crippen molar-refractivity contribution in [3.05, 3.63) is 36.8 Å². The number of nitrogens with zero attached hydrogens (tertiary/aromatic N) is 1. The van der Waals surface area contributed by atoms with Crippen molar-refractivity contribution >= 4 is 10.0 Å². The minimum atomic E-state index is -4.46. The van der Waals surface area contributed by atoms with Crippen molar-refractivity contribution in [2.75, 3.05) is 13.1 Å². The predicted molar refractivity (Wildman–Crippen MR) is 77.5 cm³/mol. The van der Waals surface area contributed by atoms with Gasteiger partial charge in [-0.3, -0.25) is 0 Å². The van der Waals surface area contributed by atoms with E-state index >= 15 is 0 Å². The van der Waals surface area contributed by atoms with Gasteiger partial charge in [-0.2, -0.15) is 17.5 Å². The number of hydrogen-bond acceptors (Lipinski definition) is 2. The third-order valence-corrected chi connectivity index (χ3v) is 5.92. The molecule has 0 atom stereocenters. The highest BCUT2D eigenvalue weighted by molar-refractivity contribution is 7.89. The minimum Gasteiger partial charge on any atom is -0.207 e. The van der Waals surface area contributed by atoms with Gasteiger partial charge in [0.25, 0.3) is 0 Å². The van der Waals surface area contributed by atoms with Crippen LogP contribution in [0.15, 0.2) is 29.2 Å². The van der Waals surface area contributed by atoms with Crippen LogP contribution in [0, 0.1) is 12.8 Å². The summed E-state index contributed by atoms with van der Waals surface area (Å²) >= 11 is 0. The maximum atomic E-state index is 12.5. The normalized spacial score (nSPS) is 18.5. The fourth-order valence-electron chi connectivity index (χ4n) is 2.69. The summed E-state index contributed by atoms with van der Waals surface area (Å²) in [5.74, 6) is 0.483. The van der Waals surface area contributed by atoms with Crippen molar-refractivity contribution in [1.29, 1.82) is 0 Å². The first-order valence-electron chi connectivity index (χ1n) is 7.22. The molecule has 1 heterocycles. The van der Waals surface area contributed by atoms with Gasteiger partial charge in [0, 0.05) is 13.1 Å². The molecule has 0 saturated carbocycles. The predicted octanol–water partition coefficient (Wildman–Crippen LogP) is 3.72. The highest BCUT2D eigenvalue weighted by Gasteiger charge is 2.32. The highest BCUT2D eigenvalue weighted by atomic mass is 32.2. The summed E-state index contributed by atoms with van der Waals surface area (Å²) in [6.45, 7) is 4.62. The Balaban J connectivity index is 2.11. The van der Waals surface area contributed by atoms with E-state index in [9.17, 15) is 21.6 Å². The monoisotopic (exact) mass is 334 g/mol. The second-order valence-electron chi connectivity index (χ2n) is 5.51. The summed E-state index contributed by atoms with van der Waals surface area (Å²) in [6, 6.07) is 3.67. The van der Waals surface area contributed by atoms with Crippen molar-refractivity contribution in [3.8, 4) is 0 Å². The van der Waals surface area contributed by atoms with Gasteiger partial charge in [-0.1, -0.05) is 19.8 Å². The average Bonchev–Trinajstić information content (AvgIpc) is 2.47. The van der Waals surface area contributed by atoms with Crippen LogP contribution in [0.25, 0.3) is 0 Å². The third-order valence-electron chi connectivity index (χ3n) is 4.01. The summed E-state index contributed by atoms with van der Waals surface area (Å²) in [6.07, 6.45) is -1.11. The summed E-state index contributed by atoms with van der Waals surface area (Å²) in [5, 5.41) is 0. The molecule has 0 aromatic heterocycles. The van der Waals surface area contributed by atoms with E-state index in [4.69, 9.17) is 0 Å². The Labute approximate surface area is 129 Å². The van der Waals surface area contributed by atoms with Crippen molar-refractivity contribution in [2.24, 2.45) is 5.92 Å². The zero-order chi connectivity index (χ0) is 16.4. The molecule has 0 N–H and O–H groups in total. The first kappa shape index (κ1) is 17.3. The van der Waals surface area contributed by atoms with E-state index in [0.29, 0.717) is 19.0 Å². The molecule has 7 heteroatoms. The molecule has 3 nitrogen and oxygen atoms in total. The summed E-state index contributed by atoms with van der Waals surface area (Å²) in [7, 11) is -3.71. The fraction of sp³-hybridized carbons (Fsp3) is 0.533. The first-order chi connectivity index (χ1) is 10.2. The number of piperidine rings is 1. The zero-order valence-corrected chi connectivity index (χ0v) is 13.0. The third kappa shape index (κ3) is 3.81. The second kappa shape index (κ2) is 6.58. The van der Waals surface area contributed by atoms with E-state index in [1.54, 1.807) is 0 Å². The van der Waals surface area contributed by atoms with Gasteiger partial charge in [0.1, 0.15) is 0 Å². The van der Waals surface area contributed by atoms with E-state index < -0.39 is 21.8 Å². The molecular weight excluding hydrogens is 315 g/mol. The van der Waals surface area contributed by atoms with Crippen molar-refractivity contribution in [2.45, 2.75) is 36.8 Å². The minimum absolute atomic E-state index is 0.0869. The molecule has 1 aromatic rings. The number of hydrogen-bond donors (Lipinski definition) is 0. The number of halogens is 3. The second-order valence-corrected chi connectivity index (χ2v) is 7.45. The van der Waals surface area contributed by atoms with Crippen molar-refractivity contribution in [3.63, 3.8) is 0 Å². The first-order valence-corrected chi connectivity index (χ1v) is 8.66. The Kier molecular flexibility index (Phi) is 5.17. The summed E-state index contributed by atoms with van der Waals surface area (Å²) < 4.78 is 63.8. The maximum absolute atomic E-state index is 12.5. The Morgan fingerprint density at radius 3 is 2.14 bits per heavy atom. The number of alkyl halides is 3. The molecule has 0 unspecified atom stereocenters. The van der Waals surface area contributed by atoms with Crippen LogP contribution < -0.4 is 0 Å². The number of sulfonamides is 1. The molecule has 1 fully saturated rings. The van der Waals surface area contributed by atoms with E-state index in [0.717, 1.165) is 49.9 Å². The highest BCUT2D eigenvalue weighted by Crippen LogP contribution is 2.31. The van der Waals surface area contributed by atoms with Gasteiger partial charge in [0.15, 0.2) is 0 Å². The lowest BCUT2D eigenvalue weighted by molar-refractivity contribution is -0.137. The van der Waals surface area contributed by atoms with Gasteiger partial charge >= 0.3 is 6.18 Å². The van der Waals surface area contributed by atoms with E-state index in [1.807, 2.05) is 0 Å². The summed E-state index contributed by atoms with van der Waals surface area (Å²) in [4.78, 5) is -0.0869. The van der Waals surface area contributed by atoms with Gasteiger partial charge in [0.2, 0.25) is 10.0 Å². The van der Waals surface area contributed by atoms with Crippen LogP contribution in [-0.4, -0.2) is 25.8 Å². The number of rotatable bonds is 4. The molecule has 123 valence electrons. The SMILES string of the molecule is [CH2]CCC1CCN(S(=O)(=O)c2ccc(C(F)(F)F)cc2)CC1. The number of benzene rings is 1. The average molecular weight is 334 g/mol. The molecule has 0 amide bonds. The standard InChI is InChI=1S/C15H19F3NO2S/c1-2-3-12-8-10-19(11-9-12)22(20,21)14-6-4-13(5-7-14)15(16,17)18/h4-7,12H,1-3,8-11H2. The Morgan fingerprint density at radius 1 is 1.14 bits per heavy atom. The fourth-order valence-corrected chi connectivity index (χ4v) is 4.16. The molecule has 2 rings (SSSR count). The summed E-state index contributed by atoms with van der Waals surface area (Å²) in [5.41, 5.74) is -0.847. The molecular formula is C15H19F3NO2S. The largest absolute Gasteiger partial charge is 0.416 e. The molecule has 0 spiro atoms. The van der Waals surface area contributed by atoms with E-state index in [-0.39, 0.29) is 4.90 Å². The maximum Gasteiger partial charge on any atom is 0.416 e. The molecule has 0 bridgehead atoms. The molecule has 1 aliphatic heterocycles. The van der Waals surface area contributed by atoms with Crippen molar-refractivity contribution < 1.29 is 21.6 Å². The van der Waals surface area contributed by atoms with Gasteiger partial charge in [-0.25, -0.2) is 8.42 Å².